The average molecular weight is 315 g/mol. The second kappa shape index (κ2) is 6.81. The predicted octanol–water partition coefficient (Wildman–Crippen LogP) is 2.74. The summed E-state index contributed by atoms with van der Waals surface area (Å²) < 4.78 is 10.8. The summed E-state index contributed by atoms with van der Waals surface area (Å²) in [5.41, 5.74) is 0.598. The van der Waals surface area contributed by atoms with Crippen LogP contribution in [-0.2, 0) is 13.0 Å². The maximum absolute atomic E-state index is 12.0. The molecule has 1 saturated carbocycles. The summed E-state index contributed by atoms with van der Waals surface area (Å²) in [5, 5.41) is 6.88. The van der Waals surface area contributed by atoms with Gasteiger partial charge in [-0.05, 0) is 37.0 Å². The Morgan fingerprint density at radius 1 is 1.43 bits per heavy atom. The fraction of sp³-hybridized carbons (Fsp3) is 0.471. The van der Waals surface area contributed by atoms with E-state index in [-0.39, 0.29) is 12.5 Å². The summed E-state index contributed by atoms with van der Waals surface area (Å²) >= 11 is 0. The maximum atomic E-state index is 12.0. The number of benzene rings is 1. The van der Waals surface area contributed by atoms with Crippen molar-refractivity contribution in [2.75, 3.05) is 0 Å². The fourth-order valence-corrected chi connectivity index (χ4v) is 2.17. The van der Waals surface area contributed by atoms with Gasteiger partial charge in [0.25, 0.3) is 11.8 Å². The molecule has 0 spiro atoms. The first-order valence-electron chi connectivity index (χ1n) is 7.95. The Labute approximate surface area is 135 Å². The van der Waals surface area contributed by atoms with E-state index in [0.29, 0.717) is 35.0 Å². The van der Waals surface area contributed by atoms with E-state index >= 15 is 0 Å². The number of hydrogen-bond donors (Lipinski definition) is 1. The van der Waals surface area contributed by atoms with Crippen LogP contribution in [0.2, 0.25) is 0 Å². The van der Waals surface area contributed by atoms with Crippen LogP contribution in [0.4, 0.5) is 0 Å². The third-order valence-electron chi connectivity index (χ3n) is 3.47. The SMILES string of the molecule is CC(C)Cc1noc(COc2cccc(C(=O)NC3CC3)c2)n1. The first-order chi connectivity index (χ1) is 11.1. The normalized spacial score (nSPS) is 14.0. The molecule has 0 atom stereocenters. The van der Waals surface area contributed by atoms with Crippen LogP contribution in [0.5, 0.6) is 5.75 Å². The van der Waals surface area contributed by atoms with Gasteiger partial charge in [0, 0.05) is 18.0 Å². The first-order valence-corrected chi connectivity index (χ1v) is 7.95. The molecule has 0 bridgehead atoms. The lowest BCUT2D eigenvalue weighted by atomic mass is 10.1. The van der Waals surface area contributed by atoms with E-state index in [2.05, 4.69) is 29.3 Å². The van der Waals surface area contributed by atoms with Crippen molar-refractivity contribution in [1.29, 1.82) is 0 Å². The summed E-state index contributed by atoms with van der Waals surface area (Å²) in [5.74, 6) is 2.15. The number of amides is 1. The monoisotopic (exact) mass is 315 g/mol. The molecule has 0 aliphatic heterocycles. The minimum absolute atomic E-state index is 0.0602. The molecule has 1 fully saturated rings. The Balaban J connectivity index is 1.57. The van der Waals surface area contributed by atoms with Crippen LogP contribution in [0.15, 0.2) is 28.8 Å². The quantitative estimate of drug-likeness (QED) is 0.850. The highest BCUT2D eigenvalue weighted by Gasteiger charge is 2.23. The van der Waals surface area contributed by atoms with Gasteiger partial charge < -0.3 is 14.6 Å². The highest BCUT2D eigenvalue weighted by atomic mass is 16.5. The Bertz CT molecular complexity index is 677. The van der Waals surface area contributed by atoms with Crippen molar-refractivity contribution in [3.63, 3.8) is 0 Å². The summed E-state index contributed by atoms with van der Waals surface area (Å²) in [6, 6.07) is 7.44. The molecule has 3 rings (SSSR count). The maximum Gasteiger partial charge on any atom is 0.264 e. The molecule has 1 heterocycles. The van der Waals surface area contributed by atoms with Crippen LogP contribution in [0, 0.1) is 5.92 Å². The number of ether oxygens (including phenoxy) is 1. The molecule has 2 aromatic rings. The molecular weight excluding hydrogens is 294 g/mol. The Morgan fingerprint density at radius 2 is 2.26 bits per heavy atom. The number of carbonyl (C=O) groups excluding carboxylic acids is 1. The molecule has 122 valence electrons. The molecule has 6 heteroatoms. The molecule has 1 aromatic heterocycles. The molecule has 1 aliphatic carbocycles. The highest BCUT2D eigenvalue weighted by molar-refractivity contribution is 5.94. The average Bonchev–Trinajstić information content (AvgIpc) is 3.23. The van der Waals surface area contributed by atoms with Crippen LogP contribution >= 0.6 is 0 Å². The summed E-state index contributed by atoms with van der Waals surface area (Å²) in [7, 11) is 0. The molecular formula is C17H21N3O3. The molecule has 1 aliphatic rings. The summed E-state index contributed by atoms with van der Waals surface area (Å²) in [6.07, 6.45) is 2.91. The first kappa shape index (κ1) is 15.5. The predicted molar refractivity (Wildman–Crippen MR) is 84.1 cm³/mol. The second-order valence-corrected chi connectivity index (χ2v) is 6.27. The van der Waals surface area contributed by atoms with E-state index in [4.69, 9.17) is 9.26 Å². The van der Waals surface area contributed by atoms with Crippen molar-refractivity contribution >= 4 is 5.91 Å². The van der Waals surface area contributed by atoms with Gasteiger partial charge in [0.15, 0.2) is 12.4 Å². The number of nitrogens with zero attached hydrogens (tertiary/aromatic N) is 2. The number of carbonyl (C=O) groups is 1. The molecule has 6 nitrogen and oxygen atoms in total. The lowest BCUT2D eigenvalue weighted by Gasteiger charge is -2.06. The largest absolute Gasteiger partial charge is 0.484 e. The van der Waals surface area contributed by atoms with E-state index in [9.17, 15) is 4.79 Å². The van der Waals surface area contributed by atoms with Gasteiger partial charge in [-0.25, -0.2) is 0 Å². The van der Waals surface area contributed by atoms with Crippen LogP contribution in [0.3, 0.4) is 0 Å². The smallest absolute Gasteiger partial charge is 0.264 e. The molecule has 1 amide bonds. The zero-order chi connectivity index (χ0) is 16.2. The standard InChI is InChI=1S/C17H21N3O3/c1-11(2)8-15-19-16(23-20-15)10-22-14-5-3-4-12(9-14)17(21)18-13-6-7-13/h3-5,9,11,13H,6-8,10H2,1-2H3,(H,18,21). The molecule has 0 unspecified atom stereocenters. The van der Waals surface area contributed by atoms with Gasteiger partial charge in [-0.2, -0.15) is 4.98 Å². The van der Waals surface area contributed by atoms with Crippen molar-refractivity contribution < 1.29 is 14.1 Å². The highest BCUT2D eigenvalue weighted by Crippen LogP contribution is 2.20. The topological polar surface area (TPSA) is 77.2 Å². The van der Waals surface area contributed by atoms with Crippen molar-refractivity contribution in [2.24, 2.45) is 5.92 Å². The third-order valence-corrected chi connectivity index (χ3v) is 3.47. The molecule has 0 radical (unpaired) electrons. The van der Waals surface area contributed by atoms with Gasteiger partial charge in [0.2, 0.25) is 0 Å². The van der Waals surface area contributed by atoms with Gasteiger partial charge in [-0.1, -0.05) is 25.1 Å². The van der Waals surface area contributed by atoms with Crippen molar-refractivity contribution in [2.45, 2.75) is 45.8 Å². The van der Waals surface area contributed by atoms with Gasteiger partial charge in [-0.15, -0.1) is 0 Å². The lowest BCUT2D eigenvalue weighted by molar-refractivity contribution is 0.0950. The minimum atomic E-state index is -0.0602. The summed E-state index contributed by atoms with van der Waals surface area (Å²) in [4.78, 5) is 16.3. The molecule has 1 N–H and O–H groups in total. The Morgan fingerprint density at radius 3 is 3.00 bits per heavy atom. The van der Waals surface area contributed by atoms with Crippen LogP contribution < -0.4 is 10.1 Å². The zero-order valence-corrected chi connectivity index (χ0v) is 13.4. The van der Waals surface area contributed by atoms with Crippen LogP contribution in [0.1, 0.15) is 48.8 Å². The van der Waals surface area contributed by atoms with E-state index in [0.717, 1.165) is 19.3 Å². The van der Waals surface area contributed by atoms with E-state index in [1.807, 2.05) is 0 Å². The number of hydrogen-bond acceptors (Lipinski definition) is 5. The van der Waals surface area contributed by atoms with Gasteiger partial charge in [-0.3, -0.25) is 4.79 Å². The second-order valence-electron chi connectivity index (χ2n) is 6.27. The van der Waals surface area contributed by atoms with Crippen molar-refractivity contribution in [3.05, 3.63) is 41.5 Å². The fourth-order valence-electron chi connectivity index (χ4n) is 2.17. The molecule has 0 saturated heterocycles. The van der Waals surface area contributed by atoms with Crippen molar-refractivity contribution in [1.82, 2.24) is 15.5 Å². The number of rotatable bonds is 7. The third kappa shape index (κ3) is 4.55. The number of nitrogens with one attached hydrogen (secondary N) is 1. The zero-order valence-electron chi connectivity index (χ0n) is 13.4. The Hall–Kier alpha value is -2.37. The number of aromatic nitrogens is 2. The molecule has 1 aromatic carbocycles. The van der Waals surface area contributed by atoms with E-state index in [1.165, 1.54) is 0 Å². The van der Waals surface area contributed by atoms with Gasteiger partial charge in [0.1, 0.15) is 5.75 Å². The van der Waals surface area contributed by atoms with E-state index < -0.39 is 0 Å². The van der Waals surface area contributed by atoms with Crippen LogP contribution in [-0.4, -0.2) is 22.1 Å². The molecule has 23 heavy (non-hydrogen) atoms. The van der Waals surface area contributed by atoms with Crippen molar-refractivity contribution in [3.8, 4) is 5.75 Å². The minimum Gasteiger partial charge on any atom is -0.484 e. The van der Waals surface area contributed by atoms with Gasteiger partial charge >= 0.3 is 0 Å². The summed E-state index contributed by atoms with van der Waals surface area (Å²) in [6.45, 7) is 4.40. The lowest BCUT2D eigenvalue weighted by Crippen LogP contribution is -2.25. The van der Waals surface area contributed by atoms with E-state index in [1.54, 1.807) is 24.3 Å². The Kier molecular flexibility index (Phi) is 4.60. The van der Waals surface area contributed by atoms with Gasteiger partial charge in [0.05, 0.1) is 0 Å². The van der Waals surface area contributed by atoms with Crippen LogP contribution in [0.25, 0.3) is 0 Å².